The van der Waals surface area contributed by atoms with Crippen molar-refractivity contribution in [3.05, 3.63) is 121 Å². The van der Waals surface area contributed by atoms with Gasteiger partial charge in [0.05, 0.1) is 55.0 Å². The molecule has 2 aliphatic heterocycles. The zero-order chi connectivity index (χ0) is 41.2. The normalized spacial score (nSPS) is 17.6. The number of aromatic nitrogens is 4. The highest BCUT2D eigenvalue weighted by atomic mass is 32.1. The summed E-state index contributed by atoms with van der Waals surface area (Å²) in [6, 6.07) is 21.3. The molecule has 0 spiro atoms. The summed E-state index contributed by atoms with van der Waals surface area (Å²) in [6.07, 6.45) is 7.24. The number of carbonyl (C=O) groups is 2. The summed E-state index contributed by atoms with van der Waals surface area (Å²) < 4.78 is 12.9. The van der Waals surface area contributed by atoms with Gasteiger partial charge in [-0.3, -0.25) is 9.59 Å². The number of ether oxygens (including phenoxy) is 2. The number of benzene rings is 2. The molecule has 8 rings (SSSR count). The number of thiophene rings is 2. The summed E-state index contributed by atoms with van der Waals surface area (Å²) in [6.45, 7) is 13.1. The van der Waals surface area contributed by atoms with Crippen LogP contribution in [-0.4, -0.2) is 74.9 Å². The van der Waals surface area contributed by atoms with Crippen molar-refractivity contribution in [1.82, 2.24) is 40.4 Å². The minimum atomic E-state index is -0.621. The van der Waals surface area contributed by atoms with Crippen molar-refractivity contribution in [2.24, 2.45) is 5.92 Å². The van der Waals surface area contributed by atoms with Gasteiger partial charge in [-0.25, -0.2) is 9.97 Å². The second kappa shape index (κ2) is 17.2. The molecule has 0 aliphatic carbocycles. The molecule has 1 unspecified atom stereocenters. The lowest BCUT2D eigenvalue weighted by molar-refractivity contribution is -0.136. The first-order chi connectivity index (χ1) is 28.6. The van der Waals surface area contributed by atoms with Crippen LogP contribution in [0.4, 0.5) is 0 Å². The monoisotopic (exact) mass is 830 g/mol. The number of fused-ring (bicyclic) bond motifs is 1. The van der Waals surface area contributed by atoms with Gasteiger partial charge in [0.25, 0.3) is 0 Å². The SMILES string of the molecule is C=C(NC(C(=O)N1CCC[C@H]1c1ncc(-c2cc3sc(-c4ccc(-c5cnc([C@@H]6CCCN6C(=O)[C@H](NC(=C)OC)c6ccccc6)[nH]5)cc4)cc3s2)[nH]1)C(C)C)OC. The van der Waals surface area contributed by atoms with E-state index in [1.165, 1.54) is 21.4 Å². The van der Waals surface area contributed by atoms with Crippen molar-refractivity contribution < 1.29 is 19.1 Å². The fourth-order valence-electron chi connectivity index (χ4n) is 8.08. The number of carbonyl (C=O) groups excluding carboxylic acids is 2. The highest BCUT2D eigenvalue weighted by molar-refractivity contribution is 7.31. The molecule has 306 valence electrons. The second-order valence-corrected chi connectivity index (χ2v) is 17.5. The van der Waals surface area contributed by atoms with Crippen LogP contribution in [0.15, 0.2) is 104 Å². The van der Waals surface area contributed by atoms with E-state index in [2.05, 4.69) is 70.2 Å². The van der Waals surface area contributed by atoms with E-state index >= 15 is 0 Å². The Morgan fingerprint density at radius 1 is 0.746 bits per heavy atom. The van der Waals surface area contributed by atoms with Crippen LogP contribution >= 0.6 is 22.7 Å². The number of aromatic amines is 2. The molecule has 2 saturated heterocycles. The van der Waals surface area contributed by atoms with Gasteiger partial charge in [0, 0.05) is 27.4 Å². The van der Waals surface area contributed by atoms with Crippen molar-refractivity contribution in [3.63, 3.8) is 0 Å². The summed E-state index contributed by atoms with van der Waals surface area (Å²) in [5.41, 5.74) is 4.88. The fraction of sp³-hybridized carbons (Fsp3) is 0.333. The number of nitrogens with zero attached hydrogens (tertiary/aromatic N) is 4. The largest absolute Gasteiger partial charge is 0.483 e. The molecule has 14 heteroatoms. The molecule has 2 fully saturated rings. The van der Waals surface area contributed by atoms with Crippen LogP contribution in [0, 0.1) is 5.92 Å². The number of amides is 2. The molecule has 4 atom stereocenters. The number of methoxy groups -OCH3 is 2. The van der Waals surface area contributed by atoms with Crippen LogP contribution in [0.5, 0.6) is 0 Å². The number of hydrogen-bond acceptors (Lipinski definition) is 10. The summed E-state index contributed by atoms with van der Waals surface area (Å²) in [4.78, 5) is 50.5. The maximum atomic E-state index is 14.0. The molecule has 0 saturated carbocycles. The number of likely N-dealkylation sites (tertiary alicyclic amines) is 2. The molecule has 6 aromatic rings. The minimum absolute atomic E-state index is 0.0334. The topological polar surface area (TPSA) is 140 Å². The first kappa shape index (κ1) is 39.9. The molecular weight excluding hydrogens is 781 g/mol. The Morgan fingerprint density at radius 2 is 1.29 bits per heavy atom. The molecule has 4 N–H and O–H groups in total. The summed E-state index contributed by atoms with van der Waals surface area (Å²) in [5, 5.41) is 6.32. The molecule has 2 aliphatic rings. The lowest BCUT2D eigenvalue weighted by Gasteiger charge is -2.30. The Balaban J connectivity index is 0.935. The van der Waals surface area contributed by atoms with Crippen molar-refractivity contribution in [2.45, 2.75) is 63.7 Å². The van der Waals surface area contributed by atoms with E-state index < -0.39 is 12.1 Å². The number of rotatable bonds is 15. The Bertz CT molecular complexity index is 2420. The maximum absolute atomic E-state index is 14.0. The van der Waals surface area contributed by atoms with Gasteiger partial charge in [0.2, 0.25) is 11.8 Å². The van der Waals surface area contributed by atoms with Crippen LogP contribution < -0.4 is 10.6 Å². The molecule has 4 aromatic heterocycles. The van der Waals surface area contributed by atoms with Gasteiger partial charge in [-0.1, -0.05) is 68.4 Å². The van der Waals surface area contributed by atoms with Gasteiger partial charge in [-0.2, -0.15) is 0 Å². The highest BCUT2D eigenvalue weighted by Crippen LogP contribution is 2.43. The Morgan fingerprint density at radius 3 is 1.92 bits per heavy atom. The maximum Gasteiger partial charge on any atom is 0.250 e. The Labute approximate surface area is 352 Å². The average molecular weight is 831 g/mol. The van der Waals surface area contributed by atoms with E-state index in [0.717, 1.165) is 70.3 Å². The third-order valence-electron chi connectivity index (χ3n) is 11.3. The van der Waals surface area contributed by atoms with Gasteiger partial charge < -0.3 is 39.9 Å². The third kappa shape index (κ3) is 8.24. The third-order valence-corrected chi connectivity index (χ3v) is 13.6. The van der Waals surface area contributed by atoms with Gasteiger partial charge in [-0.05, 0) is 73.6 Å². The second-order valence-electron chi connectivity index (χ2n) is 15.4. The van der Waals surface area contributed by atoms with Gasteiger partial charge in [0.1, 0.15) is 23.7 Å². The smallest absolute Gasteiger partial charge is 0.250 e. The Kier molecular flexibility index (Phi) is 11.6. The zero-order valence-electron chi connectivity index (χ0n) is 33.8. The molecule has 2 amide bonds. The summed E-state index contributed by atoms with van der Waals surface area (Å²) in [7, 11) is 3.08. The molecule has 0 radical (unpaired) electrons. The van der Waals surface area contributed by atoms with Gasteiger partial charge in [-0.15, -0.1) is 22.7 Å². The molecule has 6 heterocycles. The van der Waals surface area contributed by atoms with E-state index in [9.17, 15) is 9.59 Å². The van der Waals surface area contributed by atoms with E-state index in [-0.39, 0.29) is 29.8 Å². The van der Waals surface area contributed by atoms with Gasteiger partial charge >= 0.3 is 0 Å². The summed E-state index contributed by atoms with van der Waals surface area (Å²) in [5.74, 6) is 2.37. The standard InChI is InChI=1S/C45H50N8O4S2/c1-26(2)40(48-27(3)56-5)44(54)52-20-10-15-35(52)43-47-25-33(51-43)37-23-39-38(59-37)22-36(58-39)30-18-16-29(17-19-30)32-24-46-42(50-32)34-14-11-21-53(34)45(55)41(49-28(4)57-6)31-12-8-7-9-13-31/h7-9,12-13,16-19,22-26,34-35,40-41,48-49H,3-4,10-11,14-15,20-21H2,1-2,5-6H3,(H,46,50)(H,47,51)/t34-,35-,40?,41+/m0/s1. The zero-order valence-corrected chi connectivity index (χ0v) is 35.4. The van der Waals surface area contributed by atoms with Crippen molar-refractivity contribution in [2.75, 3.05) is 27.3 Å². The summed E-state index contributed by atoms with van der Waals surface area (Å²) >= 11 is 3.51. The van der Waals surface area contributed by atoms with Crippen LogP contribution in [0.1, 0.15) is 74.9 Å². The lowest BCUT2D eigenvalue weighted by atomic mass is 10.0. The average Bonchev–Trinajstić information content (AvgIpc) is 4.10. The van der Waals surface area contributed by atoms with Crippen LogP contribution in [-0.2, 0) is 19.1 Å². The van der Waals surface area contributed by atoms with Crippen molar-refractivity contribution in [1.29, 1.82) is 0 Å². The van der Waals surface area contributed by atoms with Crippen LogP contribution in [0.2, 0.25) is 0 Å². The van der Waals surface area contributed by atoms with Crippen molar-refractivity contribution >= 4 is 43.9 Å². The highest BCUT2D eigenvalue weighted by Gasteiger charge is 2.38. The predicted octanol–water partition coefficient (Wildman–Crippen LogP) is 8.92. The predicted molar refractivity (Wildman–Crippen MR) is 234 cm³/mol. The van der Waals surface area contributed by atoms with E-state index in [1.807, 2.05) is 66.4 Å². The number of hydrogen-bond donors (Lipinski definition) is 4. The minimum Gasteiger partial charge on any atom is -0.483 e. The van der Waals surface area contributed by atoms with Crippen LogP contribution in [0.3, 0.4) is 0 Å². The fourth-order valence-corrected chi connectivity index (χ4v) is 10.4. The van der Waals surface area contributed by atoms with Crippen LogP contribution in [0.25, 0.3) is 41.7 Å². The molecule has 0 bridgehead atoms. The van der Waals surface area contributed by atoms with Crippen molar-refractivity contribution in [3.8, 4) is 32.3 Å². The lowest BCUT2D eigenvalue weighted by Crippen LogP contribution is -2.48. The first-order valence-corrected chi connectivity index (χ1v) is 21.6. The number of imidazole rings is 2. The first-order valence-electron chi connectivity index (χ1n) is 20.0. The molecule has 12 nitrogen and oxygen atoms in total. The molecular formula is C45H50N8O4S2. The number of H-pyrrole nitrogens is 2. The van der Waals surface area contributed by atoms with Gasteiger partial charge in [0.15, 0.2) is 11.8 Å². The van der Waals surface area contributed by atoms with E-state index in [4.69, 9.17) is 19.4 Å². The molecule has 59 heavy (non-hydrogen) atoms. The molecule has 2 aromatic carbocycles. The quantitative estimate of drug-likeness (QED) is 0.0753. The number of nitrogens with one attached hydrogen (secondary N) is 4. The van der Waals surface area contributed by atoms with E-state index in [1.54, 1.807) is 29.8 Å². The van der Waals surface area contributed by atoms with E-state index in [0.29, 0.717) is 24.9 Å². The Hall–Kier alpha value is -5.86.